The van der Waals surface area contributed by atoms with Crippen molar-refractivity contribution in [1.29, 1.82) is 0 Å². The summed E-state index contributed by atoms with van der Waals surface area (Å²) in [7, 11) is 0. The molecule has 0 N–H and O–H groups in total. The first-order chi connectivity index (χ1) is 14.3. The summed E-state index contributed by atoms with van der Waals surface area (Å²) in [5.41, 5.74) is 5.70. The molecule has 4 aromatic rings. The van der Waals surface area contributed by atoms with Crippen LogP contribution in [-0.2, 0) is 11.8 Å². The number of fused-ring (bicyclic) bond motifs is 3. The molecular weight excluding hydrogens is 372 g/mol. The Balaban J connectivity index is 1.85. The molecule has 0 spiro atoms. The molecule has 0 unspecified atom stereocenters. The van der Waals surface area contributed by atoms with Gasteiger partial charge in [0.05, 0.1) is 16.9 Å². The van der Waals surface area contributed by atoms with E-state index in [-0.39, 0.29) is 5.41 Å². The van der Waals surface area contributed by atoms with Crippen molar-refractivity contribution in [3.63, 3.8) is 0 Å². The van der Waals surface area contributed by atoms with E-state index in [2.05, 4.69) is 78.2 Å². The molecule has 4 rings (SSSR count). The van der Waals surface area contributed by atoms with Crippen molar-refractivity contribution in [2.45, 2.75) is 79.1 Å². The Morgan fingerprint density at radius 2 is 1.77 bits per heavy atom. The van der Waals surface area contributed by atoms with Crippen LogP contribution in [0.2, 0.25) is 0 Å². The molecule has 0 fully saturated rings. The van der Waals surface area contributed by atoms with Crippen LogP contribution in [-0.4, -0.2) is 29.1 Å². The zero-order valence-electron chi connectivity index (χ0n) is 19.0. The number of aryl methyl sites for hydroxylation is 3. The summed E-state index contributed by atoms with van der Waals surface area (Å²) >= 11 is 0. The number of unbranched alkanes of at least 4 members (excludes halogenated alkanes) is 3. The molecule has 0 bridgehead atoms. The molecule has 3 heterocycles. The molecule has 30 heavy (non-hydrogen) atoms. The quantitative estimate of drug-likeness (QED) is 0.398. The van der Waals surface area contributed by atoms with Gasteiger partial charge < -0.3 is 4.57 Å². The van der Waals surface area contributed by atoms with Crippen LogP contribution in [0.1, 0.15) is 76.4 Å². The van der Waals surface area contributed by atoms with Crippen molar-refractivity contribution in [3.05, 3.63) is 47.4 Å². The number of imidazole rings is 2. The standard InChI is InChI=1S/C24H32N6/c1-7-8-9-10-11-21-25-16(2)15-29(21)18-12-13-19-20(14-18)30-22(28-27-19)17(3)26-23(30)24(4,5)6/h12-15H,7-11H2,1-6H3. The second-order valence-electron chi connectivity index (χ2n) is 9.28. The molecule has 0 saturated carbocycles. The highest BCUT2D eigenvalue weighted by Gasteiger charge is 2.24. The summed E-state index contributed by atoms with van der Waals surface area (Å²) in [6.45, 7) is 12.9. The van der Waals surface area contributed by atoms with E-state index in [9.17, 15) is 0 Å². The fraction of sp³-hybridized carbons (Fsp3) is 0.500. The second-order valence-corrected chi connectivity index (χ2v) is 9.28. The van der Waals surface area contributed by atoms with Crippen LogP contribution in [0.3, 0.4) is 0 Å². The van der Waals surface area contributed by atoms with Gasteiger partial charge in [0.1, 0.15) is 17.2 Å². The van der Waals surface area contributed by atoms with Gasteiger partial charge in [-0.15, -0.1) is 10.2 Å². The number of nitrogens with zero attached hydrogens (tertiary/aromatic N) is 6. The third kappa shape index (κ3) is 3.71. The van der Waals surface area contributed by atoms with Gasteiger partial charge >= 0.3 is 0 Å². The van der Waals surface area contributed by atoms with E-state index in [4.69, 9.17) is 9.97 Å². The predicted octanol–water partition coefficient (Wildman–Crippen LogP) is 5.50. The van der Waals surface area contributed by atoms with E-state index in [1.807, 2.05) is 6.92 Å². The van der Waals surface area contributed by atoms with Crippen LogP contribution in [0.15, 0.2) is 24.4 Å². The van der Waals surface area contributed by atoms with E-state index in [0.717, 1.165) is 51.8 Å². The van der Waals surface area contributed by atoms with Crippen LogP contribution in [0.25, 0.3) is 22.4 Å². The lowest BCUT2D eigenvalue weighted by atomic mass is 9.96. The highest BCUT2D eigenvalue weighted by molar-refractivity contribution is 5.80. The summed E-state index contributed by atoms with van der Waals surface area (Å²) in [4.78, 5) is 9.64. The lowest BCUT2D eigenvalue weighted by Gasteiger charge is -2.18. The zero-order chi connectivity index (χ0) is 21.5. The van der Waals surface area contributed by atoms with E-state index in [0.29, 0.717) is 0 Å². The Bertz CT molecular complexity index is 1190. The van der Waals surface area contributed by atoms with Crippen LogP contribution in [0.5, 0.6) is 0 Å². The lowest BCUT2D eigenvalue weighted by Crippen LogP contribution is -2.16. The van der Waals surface area contributed by atoms with Gasteiger partial charge in [-0.2, -0.15) is 0 Å². The molecule has 6 heteroatoms. The molecule has 0 atom stereocenters. The zero-order valence-corrected chi connectivity index (χ0v) is 19.0. The highest BCUT2D eigenvalue weighted by atomic mass is 15.2. The minimum absolute atomic E-state index is 0.0980. The highest BCUT2D eigenvalue weighted by Crippen LogP contribution is 2.28. The summed E-state index contributed by atoms with van der Waals surface area (Å²) in [6.07, 6.45) is 8.07. The van der Waals surface area contributed by atoms with Crippen molar-refractivity contribution in [1.82, 2.24) is 29.1 Å². The molecule has 3 aromatic heterocycles. The average Bonchev–Trinajstić information content (AvgIpc) is 3.25. The first-order valence-electron chi connectivity index (χ1n) is 11.0. The molecule has 0 radical (unpaired) electrons. The molecule has 6 nitrogen and oxygen atoms in total. The Morgan fingerprint density at radius 1 is 0.967 bits per heavy atom. The molecule has 0 aliphatic rings. The topological polar surface area (TPSA) is 60.9 Å². The molecule has 0 aliphatic heterocycles. The molecule has 1 aromatic carbocycles. The monoisotopic (exact) mass is 404 g/mol. The van der Waals surface area contributed by atoms with Gasteiger partial charge in [-0.05, 0) is 38.5 Å². The second kappa shape index (κ2) is 7.82. The van der Waals surface area contributed by atoms with E-state index in [1.165, 1.54) is 25.7 Å². The predicted molar refractivity (Wildman–Crippen MR) is 121 cm³/mol. The van der Waals surface area contributed by atoms with Crippen molar-refractivity contribution in [3.8, 4) is 5.69 Å². The molecule has 0 saturated heterocycles. The maximum Gasteiger partial charge on any atom is 0.182 e. The summed E-state index contributed by atoms with van der Waals surface area (Å²) < 4.78 is 4.40. The normalized spacial score (nSPS) is 12.3. The van der Waals surface area contributed by atoms with Gasteiger partial charge in [0, 0.05) is 23.7 Å². The number of aromatic nitrogens is 6. The number of rotatable bonds is 6. The van der Waals surface area contributed by atoms with Gasteiger partial charge in [-0.1, -0.05) is 47.0 Å². The number of hydrogen-bond acceptors (Lipinski definition) is 4. The first-order valence-corrected chi connectivity index (χ1v) is 11.0. The third-order valence-corrected chi connectivity index (χ3v) is 5.58. The SMILES string of the molecule is CCCCCCc1nc(C)cn1-c1ccc2nnc3c(C)nc(C(C)(C)C)n3c2c1. The Morgan fingerprint density at radius 3 is 2.50 bits per heavy atom. The fourth-order valence-corrected chi connectivity index (χ4v) is 4.05. The Kier molecular flexibility index (Phi) is 5.35. The number of hydrogen-bond donors (Lipinski definition) is 0. The van der Waals surface area contributed by atoms with Gasteiger partial charge in [0.2, 0.25) is 0 Å². The van der Waals surface area contributed by atoms with Crippen LogP contribution >= 0.6 is 0 Å². The van der Waals surface area contributed by atoms with Gasteiger partial charge in [-0.3, -0.25) is 4.40 Å². The summed E-state index contributed by atoms with van der Waals surface area (Å²) in [6, 6.07) is 6.36. The average molecular weight is 405 g/mol. The van der Waals surface area contributed by atoms with Gasteiger partial charge in [0.15, 0.2) is 5.65 Å². The smallest absolute Gasteiger partial charge is 0.182 e. The van der Waals surface area contributed by atoms with Crippen molar-refractivity contribution >= 4 is 16.7 Å². The molecule has 0 amide bonds. The van der Waals surface area contributed by atoms with Crippen molar-refractivity contribution in [2.75, 3.05) is 0 Å². The summed E-state index contributed by atoms with van der Waals surface area (Å²) in [5.74, 6) is 2.13. The molecule has 158 valence electrons. The van der Waals surface area contributed by atoms with Crippen LogP contribution in [0.4, 0.5) is 0 Å². The molecular formula is C24H32N6. The third-order valence-electron chi connectivity index (χ3n) is 5.58. The van der Waals surface area contributed by atoms with E-state index in [1.54, 1.807) is 0 Å². The van der Waals surface area contributed by atoms with Gasteiger partial charge in [0.25, 0.3) is 0 Å². The Hall–Kier alpha value is -2.76. The van der Waals surface area contributed by atoms with Crippen LogP contribution in [0, 0.1) is 13.8 Å². The lowest BCUT2D eigenvalue weighted by molar-refractivity contribution is 0.544. The first kappa shape index (κ1) is 20.5. The van der Waals surface area contributed by atoms with Gasteiger partial charge in [-0.25, -0.2) is 9.97 Å². The number of benzene rings is 1. The fourth-order valence-electron chi connectivity index (χ4n) is 4.05. The minimum Gasteiger partial charge on any atom is -0.303 e. The maximum atomic E-state index is 4.83. The van der Waals surface area contributed by atoms with E-state index >= 15 is 0 Å². The molecule has 0 aliphatic carbocycles. The Labute approximate surface area is 178 Å². The minimum atomic E-state index is -0.0980. The largest absolute Gasteiger partial charge is 0.303 e. The van der Waals surface area contributed by atoms with Crippen LogP contribution < -0.4 is 0 Å². The van der Waals surface area contributed by atoms with Crippen molar-refractivity contribution < 1.29 is 0 Å². The van der Waals surface area contributed by atoms with Crippen molar-refractivity contribution in [2.24, 2.45) is 0 Å². The van der Waals surface area contributed by atoms with E-state index < -0.39 is 0 Å². The summed E-state index contributed by atoms with van der Waals surface area (Å²) in [5, 5.41) is 8.92. The maximum absolute atomic E-state index is 4.83.